The summed E-state index contributed by atoms with van der Waals surface area (Å²) < 4.78 is 0. The van der Waals surface area contributed by atoms with Crippen molar-refractivity contribution in [1.29, 1.82) is 5.26 Å². The minimum absolute atomic E-state index is 0.149. The molecule has 1 N–H and O–H groups in total. The van der Waals surface area contributed by atoms with Gasteiger partial charge >= 0.3 is 0 Å². The zero-order valence-electron chi connectivity index (χ0n) is 9.63. The molecule has 0 aliphatic carbocycles. The van der Waals surface area contributed by atoms with Gasteiger partial charge in [0.15, 0.2) is 0 Å². The van der Waals surface area contributed by atoms with E-state index in [1.54, 1.807) is 42.6 Å². The third-order valence-electron chi connectivity index (χ3n) is 2.34. The normalized spacial score (nSPS) is 9.50. The smallest absolute Gasteiger partial charge is 0.230 e. The topological polar surface area (TPSA) is 65.8 Å². The van der Waals surface area contributed by atoms with E-state index >= 15 is 0 Å². The highest BCUT2D eigenvalue weighted by Gasteiger charge is 2.04. The van der Waals surface area contributed by atoms with Gasteiger partial charge in [0, 0.05) is 17.6 Å². The van der Waals surface area contributed by atoms with Crippen molar-refractivity contribution in [3.63, 3.8) is 0 Å². The van der Waals surface area contributed by atoms with Crippen LogP contribution in [0, 0.1) is 11.3 Å². The minimum atomic E-state index is -0.149. The predicted molar refractivity (Wildman–Crippen MR) is 67.7 cm³/mol. The average Bonchev–Trinajstić information content (AvgIpc) is 2.40. The van der Waals surface area contributed by atoms with Crippen molar-refractivity contribution in [1.82, 2.24) is 4.98 Å². The standard InChI is InChI=1S/C14H11N3O/c15-10-11-4-3-6-13(8-11)17-14(18)9-12-5-1-2-7-16-12/h1-8H,9H2,(H,17,18). The molecule has 0 saturated heterocycles. The van der Waals surface area contributed by atoms with Gasteiger partial charge in [0.2, 0.25) is 5.91 Å². The maximum absolute atomic E-state index is 11.7. The van der Waals surface area contributed by atoms with Crippen LogP contribution in [0.15, 0.2) is 48.7 Å². The third-order valence-corrected chi connectivity index (χ3v) is 2.34. The van der Waals surface area contributed by atoms with Crippen LogP contribution in [0.4, 0.5) is 5.69 Å². The second-order valence-electron chi connectivity index (χ2n) is 3.74. The summed E-state index contributed by atoms with van der Waals surface area (Å²) in [5.41, 5.74) is 1.85. The lowest BCUT2D eigenvalue weighted by molar-refractivity contribution is -0.115. The SMILES string of the molecule is N#Cc1cccc(NC(=O)Cc2ccccn2)c1. The number of carbonyl (C=O) groups excluding carboxylic acids is 1. The number of carbonyl (C=O) groups is 1. The number of hydrogen-bond acceptors (Lipinski definition) is 3. The van der Waals surface area contributed by atoms with Crippen molar-refractivity contribution in [3.8, 4) is 6.07 Å². The number of hydrogen-bond donors (Lipinski definition) is 1. The van der Waals surface area contributed by atoms with Crippen molar-refractivity contribution in [2.24, 2.45) is 0 Å². The number of aromatic nitrogens is 1. The van der Waals surface area contributed by atoms with Crippen LogP contribution < -0.4 is 5.32 Å². The quantitative estimate of drug-likeness (QED) is 0.889. The Kier molecular flexibility index (Phi) is 3.67. The molecular formula is C14H11N3O. The van der Waals surface area contributed by atoms with Gasteiger partial charge in [0.05, 0.1) is 18.1 Å². The molecule has 1 heterocycles. The Hall–Kier alpha value is -2.67. The van der Waals surface area contributed by atoms with Gasteiger partial charge in [0.25, 0.3) is 0 Å². The zero-order chi connectivity index (χ0) is 12.8. The largest absolute Gasteiger partial charge is 0.326 e. The van der Waals surface area contributed by atoms with Crippen LogP contribution in [-0.4, -0.2) is 10.9 Å². The Morgan fingerprint density at radius 1 is 1.28 bits per heavy atom. The fourth-order valence-electron chi connectivity index (χ4n) is 1.54. The number of pyridine rings is 1. The molecule has 1 aromatic carbocycles. The lowest BCUT2D eigenvalue weighted by Gasteiger charge is -2.04. The third kappa shape index (κ3) is 3.16. The van der Waals surface area contributed by atoms with Crippen LogP contribution in [0.1, 0.15) is 11.3 Å². The molecule has 0 spiro atoms. The van der Waals surface area contributed by atoms with E-state index in [9.17, 15) is 4.79 Å². The first-order valence-corrected chi connectivity index (χ1v) is 5.48. The van der Waals surface area contributed by atoms with Crippen LogP contribution in [-0.2, 0) is 11.2 Å². The van der Waals surface area contributed by atoms with Gasteiger partial charge in [-0.3, -0.25) is 9.78 Å². The van der Waals surface area contributed by atoms with Gasteiger partial charge < -0.3 is 5.32 Å². The van der Waals surface area contributed by atoms with Crippen LogP contribution in [0.3, 0.4) is 0 Å². The highest BCUT2D eigenvalue weighted by Crippen LogP contribution is 2.10. The Bertz CT molecular complexity index is 587. The number of rotatable bonds is 3. The number of nitrogens with one attached hydrogen (secondary N) is 1. The van der Waals surface area contributed by atoms with Gasteiger partial charge in [-0.15, -0.1) is 0 Å². The number of amides is 1. The molecule has 0 bridgehead atoms. The average molecular weight is 237 g/mol. The van der Waals surface area contributed by atoms with E-state index in [0.717, 1.165) is 0 Å². The molecule has 88 valence electrons. The Morgan fingerprint density at radius 3 is 2.89 bits per heavy atom. The summed E-state index contributed by atoms with van der Waals surface area (Å²) >= 11 is 0. The van der Waals surface area contributed by atoms with E-state index in [2.05, 4.69) is 10.3 Å². The van der Waals surface area contributed by atoms with E-state index in [0.29, 0.717) is 16.9 Å². The van der Waals surface area contributed by atoms with Gasteiger partial charge in [-0.05, 0) is 30.3 Å². The Balaban J connectivity index is 2.01. The predicted octanol–water partition coefficient (Wildman–Crippen LogP) is 2.13. The maximum atomic E-state index is 11.7. The lowest BCUT2D eigenvalue weighted by atomic mass is 10.2. The molecule has 0 saturated carbocycles. The second-order valence-corrected chi connectivity index (χ2v) is 3.74. The fraction of sp³-hybridized carbons (Fsp3) is 0.0714. The molecule has 2 aromatic rings. The number of anilines is 1. The molecule has 0 fully saturated rings. The summed E-state index contributed by atoms with van der Waals surface area (Å²) in [7, 11) is 0. The summed E-state index contributed by atoms with van der Waals surface area (Å²) in [4.78, 5) is 15.8. The van der Waals surface area contributed by atoms with Crippen LogP contribution >= 0.6 is 0 Å². The zero-order valence-corrected chi connectivity index (χ0v) is 9.63. The number of benzene rings is 1. The number of nitrogens with zero attached hydrogens (tertiary/aromatic N) is 2. The molecular weight excluding hydrogens is 226 g/mol. The Labute approximate surface area is 105 Å². The number of nitriles is 1. The van der Waals surface area contributed by atoms with E-state index < -0.39 is 0 Å². The van der Waals surface area contributed by atoms with Crippen molar-refractivity contribution < 1.29 is 4.79 Å². The van der Waals surface area contributed by atoms with Gasteiger partial charge in [-0.1, -0.05) is 12.1 Å². The molecule has 0 radical (unpaired) electrons. The van der Waals surface area contributed by atoms with Gasteiger partial charge in [-0.25, -0.2) is 0 Å². The maximum Gasteiger partial charge on any atom is 0.230 e. The molecule has 1 amide bonds. The first-order chi connectivity index (χ1) is 8.78. The highest BCUT2D eigenvalue weighted by molar-refractivity contribution is 5.92. The summed E-state index contributed by atoms with van der Waals surface area (Å²) in [6, 6.07) is 14.3. The molecule has 0 unspecified atom stereocenters. The van der Waals surface area contributed by atoms with Crippen molar-refractivity contribution in [3.05, 3.63) is 59.9 Å². The molecule has 18 heavy (non-hydrogen) atoms. The summed E-state index contributed by atoms with van der Waals surface area (Å²) in [5, 5.41) is 11.5. The Morgan fingerprint density at radius 2 is 2.17 bits per heavy atom. The lowest BCUT2D eigenvalue weighted by Crippen LogP contribution is -2.15. The monoisotopic (exact) mass is 237 g/mol. The fourth-order valence-corrected chi connectivity index (χ4v) is 1.54. The molecule has 0 aliphatic rings. The van der Waals surface area contributed by atoms with E-state index in [1.807, 2.05) is 12.1 Å². The molecule has 0 aliphatic heterocycles. The van der Waals surface area contributed by atoms with Crippen LogP contribution in [0.25, 0.3) is 0 Å². The minimum Gasteiger partial charge on any atom is -0.326 e. The molecule has 4 nitrogen and oxygen atoms in total. The molecule has 2 rings (SSSR count). The van der Waals surface area contributed by atoms with Gasteiger partial charge in [0.1, 0.15) is 0 Å². The van der Waals surface area contributed by atoms with Crippen LogP contribution in [0.5, 0.6) is 0 Å². The van der Waals surface area contributed by atoms with Gasteiger partial charge in [-0.2, -0.15) is 5.26 Å². The van der Waals surface area contributed by atoms with Crippen molar-refractivity contribution >= 4 is 11.6 Å². The second kappa shape index (κ2) is 5.60. The van der Waals surface area contributed by atoms with Crippen molar-refractivity contribution in [2.45, 2.75) is 6.42 Å². The molecule has 1 aromatic heterocycles. The summed E-state index contributed by atoms with van der Waals surface area (Å²) in [5.74, 6) is -0.149. The molecule has 0 atom stereocenters. The molecule has 4 heteroatoms. The van der Waals surface area contributed by atoms with E-state index in [4.69, 9.17) is 5.26 Å². The van der Waals surface area contributed by atoms with Crippen LogP contribution in [0.2, 0.25) is 0 Å². The van der Waals surface area contributed by atoms with E-state index in [1.165, 1.54) is 0 Å². The summed E-state index contributed by atoms with van der Waals surface area (Å²) in [6.45, 7) is 0. The highest BCUT2D eigenvalue weighted by atomic mass is 16.1. The first-order valence-electron chi connectivity index (χ1n) is 5.48. The van der Waals surface area contributed by atoms with Crippen molar-refractivity contribution in [2.75, 3.05) is 5.32 Å². The first kappa shape index (κ1) is 11.8. The summed E-state index contributed by atoms with van der Waals surface area (Å²) in [6.07, 6.45) is 1.87. The van der Waals surface area contributed by atoms with E-state index in [-0.39, 0.29) is 12.3 Å².